The molecular formula is C28H32FNO6. The molecule has 2 aromatic rings. The summed E-state index contributed by atoms with van der Waals surface area (Å²) < 4.78 is 24.9. The first kappa shape index (κ1) is 25.7. The third kappa shape index (κ3) is 6.62. The molecule has 0 aromatic heterocycles. The van der Waals surface area contributed by atoms with E-state index >= 15 is 0 Å². The van der Waals surface area contributed by atoms with Gasteiger partial charge in [-0.05, 0) is 78.5 Å². The Hall–Kier alpha value is -3.42. The van der Waals surface area contributed by atoms with Gasteiger partial charge in [0.15, 0.2) is 0 Å². The largest absolute Gasteiger partial charge is 0.497 e. The maximum atomic E-state index is 14.1. The molecule has 0 saturated heterocycles. The lowest BCUT2D eigenvalue weighted by atomic mass is 9.85. The van der Waals surface area contributed by atoms with E-state index in [1.807, 2.05) is 18.2 Å². The second-order valence-corrected chi connectivity index (χ2v) is 9.75. The number of methoxy groups -OCH3 is 1. The summed E-state index contributed by atoms with van der Waals surface area (Å²) in [6.07, 6.45) is 3.48. The smallest absolute Gasteiger partial charge is 0.410 e. The fraction of sp³-hybridized carbons (Fsp3) is 0.464. The summed E-state index contributed by atoms with van der Waals surface area (Å²) in [6, 6.07) is 10.2. The molecule has 0 atom stereocenters. The summed E-state index contributed by atoms with van der Waals surface area (Å²) in [7, 11) is 1.50. The minimum atomic E-state index is -0.777. The zero-order chi connectivity index (χ0) is 25.7. The number of nitrogens with zero attached hydrogens (tertiary/aromatic N) is 1. The van der Waals surface area contributed by atoms with E-state index < -0.39 is 11.8 Å². The van der Waals surface area contributed by atoms with Gasteiger partial charge in [-0.3, -0.25) is 9.59 Å². The SMILES string of the molecule is COc1ccc(F)c(CC(=O)Cc2ccc3c(c2)CCN(C(=O)OC2CCC(CC(=O)O)CC2)C3)c1. The number of rotatable bonds is 8. The van der Waals surface area contributed by atoms with Gasteiger partial charge < -0.3 is 19.5 Å². The quantitative estimate of drug-likeness (QED) is 0.568. The second-order valence-electron chi connectivity index (χ2n) is 9.75. The third-order valence-electron chi connectivity index (χ3n) is 7.11. The molecule has 4 rings (SSSR count). The molecule has 1 fully saturated rings. The summed E-state index contributed by atoms with van der Waals surface area (Å²) >= 11 is 0. The highest BCUT2D eigenvalue weighted by molar-refractivity contribution is 5.83. The Kier molecular flexibility index (Phi) is 8.23. The Morgan fingerprint density at radius 2 is 1.81 bits per heavy atom. The molecule has 0 spiro atoms. The van der Waals surface area contributed by atoms with Gasteiger partial charge in [-0.1, -0.05) is 18.2 Å². The van der Waals surface area contributed by atoms with Crippen molar-refractivity contribution in [3.63, 3.8) is 0 Å². The number of carbonyl (C=O) groups is 3. The molecule has 1 N–H and O–H groups in total. The molecule has 0 radical (unpaired) electrons. The molecule has 0 bridgehead atoms. The highest BCUT2D eigenvalue weighted by atomic mass is 19.1. The maximum Gasteiger partial charge on any atom is 0.410 e. The van der Waals surface area contributed by atoms with E-state index in [0.29, 0.717) is 43.7 Å². The summed E-state index contributed by atoms with van der Waals surface area (Å²) in [5, 5.41) is 8.95. The predicted molar refractivity (Wildman–Crippen MR) is 130 cm³/mol. The van der Waals surface area contributed by atoms with Crippen molar-refractivity contribution in [1.82, 2.24) is 4.90 Å². The highest BCUT2D eigenvalue weighted by Crippen LogP contribution is 2.30. The van der Waals surface area contributed by atoms with E-state index in [2.05, 4.69) is 0 Å². The molecule has 1 heterocycles. The number of carboxylic acids is 1. The van der Waals surface area contributed by atoms with Crippen molar-refractivity contribution in [2.75, 3.05) is 13.7 Å². The summed E-state index contributed by atoms with van der Waals surface area (Å²) in [4.78, 5) is 37.9. The van der Waals surface area contributed by atoms with Crippen molar-refractivity contribution >= 4 is 17.8 Å². The Bertz CT molecular complexity index is 1130. The number of ether oxygens (including phenoxy) is 2. The van der Waals surface area contributed by atoms with Crippen molar-refractivity contribution in [1.29, 1.82) is 0 Å². The lowest BCUT2D eigenvalue weighted by Gasteiger charge is -2.32. The number of carboxylic acid groups (broad SMARTS) is 1. The van der Waals surface area contributed by atoms with Crippen LogP contribution in [0.1, 0.15) is 54.4 Å². The van der Waals surface area contributed by atoms with Crippen molar-refractivity contribution in [3.05, 3.63) is 64.5 Å². The number of fused-ring (bicyclic) bond motifs is 1. The Morgan fingerprint density at radius 1 is 1.03 bits per heavy atom. The van der Waals surface area contributed by atoms with Gasteiger partial charge in [0, 0.05) is 32.4 Å². The number of Topliss-reactive ketones (excluding diaryl/α,β-unsaturated/α-hetero) is 1. The molecule has 36 heavy (non-hydrogen) atoms. The van der Waals surface area contributed by atoms with E-state index in [1.165, 1.54) is 19.2 Å². The van der Waals surface area contributed by atoms with Crippen molar-refractivity contribution < 1.29 is 33.4 Å². The normalized spacial score (nSPS) is 19.3. The van der Waals surface area contributed by atoms with Crippen LogP contribution in [0.3, 0.4) is 0 Å². The summed E-state index contributed by atoms with van der Waals surface area (Å²) in [6.45, 7) is 0.985. The minimum Gasteiger partial charge on any atom is -0.497 e. The number of hydrogen-bond acceptors (Lipinski definition) is 5. The first-order valence-electron chi connectivity index (χ1n) is 12.4. The standard InChI is InChI=1S/C28H32FNO6/c1-35-25-8-9-26(29)22(16-25)15-23(31)13-19-2-5-21-17-30(11-10-20(21)12-19)28(34)36-24-6-3-18(4-7-24)14-27(32)33/h2,5,8-9,12,16,18,24H,3-4,6-7,10-11,13-15,17H2,1H3,(H,32,33). The molecule has 1 saturated carbocycles. The molecule has 1 amide bonds. The van der Waals surface area contributed by atoms with Crippen LogP contribution in [-0.4, -0.2) is 47.6 Å². The Labute approximate surface area is 210 Å². The van der Waals surface area contributed by atoms with Crippen LogP contribution in [0.25, 0.3) is 0 Å². The van der Waals surface area contributed by atoms with E-state index in [4.69, 9.17) is 14.6 Å². The van der Waals surface area contributed by atoms with Gasteiger partial charge in [0.25, 0.3) is 0 Å². The number of halogens is 1. The van der Waals surface area contributed by atoms with Crippen LogP contribution >= 0.6 is 0 Å². The summed E-state index contributed by atoms with van der Waals surface area (Å²) in [5.74, 6) is -0.603. The van der Waals surface area contributed by atoms with Gasteiger partial charge in [0.1, 0.15) is 23.5 Å². The van der Waals surface area contributed by atoms with Crippen molar-refractivity contribution in [2.24, 2.45) is 5.92 Å². The fourth-order valence-electron chi connectivity index (χ4n) is 5.11. The first-order valence-corrected chi connectivity index (χ1v) is 12.4. The molecule has 8 heteroatoms. The van der Waals surface area contributed by atoms with Crippen molar-refractivity contribution in [2.45, 2.75) is 64.0 Å². The molecule has 7 nitrogen and oxygen atoms in total. The molecular weight excluding hydrogens is 465 g/mol. The van der Waals surface area contributed by atoms with Crippen LogP contribution in [0, 0.1) is 11.7 Å². The molecule has 192 valence electrons. The average Bonchev–Trinajstić information content (AvgIpc) is 2.86. The third-order valence-corrected chi connectivity index (χ3v) is 7.11. The number of aliphatic carboxylic acids is 1. The minimum absolute atomic E-state index is 0.00203. The molecule has 2 aromatic carbocycles. The number of amides is 1. The first-order chi connectivity index (χ1) is 17.3. The number of benzene rings is 2. The lowest BCUT2D eigenvalue weighted by molar-refractivity contribution is -0.138. The molecule has 2 aliphatic rings. The highest BCUT2D eigenvalue weighted by Gasteiger charge is 2.28. The predicted octanol–water partition coefficient (Wildman–Crippen LogP) is 4.72. The fourth-order valence-corrected chi connectivity index (χ4v) is 5.11. The van der Waals surface area contributed by atoms with Gasteiger partial charge >= 0.3 is 12.1 Å². The van der Waals surface area contributed by atoms with Gasteiger partial charge in [0.05, 0.1) is 7.11 Å². The van der Waals surface area contributed by atoms with Crippen LogP contribution in [0.4, 0.5) is 9.18 Å². The molecule has 1 aliphatic carbocycles. The van der Waals surface area contributed by atoms with E-state index in [9.17, 15) is 18.8 Å². The summed E-state index contributed by atoms with van der Waals surface area (Å²) in [5.41, 5.74) is 3.32. The topological polar surface area (TPSA) is 93.1 Å². The average molecular weight is 498 g/mol. The second kappa shape index (κ2) is 11.5. The van der Waals surface area contributed by atoms with Crippen LogP contribution in [0.2, 0.25) is 0 Å². The molecule has 1 aliphatic heterocycles. The van der Waals surface area contributed by atoms with Gasteiger partial charge in [-0.25, -0.2) is 9.18 Å². The van der Waals surface area contributed by atoms with Gasteiger partial charge in [-0.15, -0.1) is 0 Å². The monoisotopic (exact) mass is 497 g/mol. The van der Waals surface area contributed by atoms with Gasteiger partial charge in [0.2, 0.25) is 0 Å². The van der Waals surface area contributed by atoms with E-state index in [0.717, 1.165) is 29.5 Å². The Balaban J connectivity index is 1.29. The zero-order valence-corrected chi connectivity index (χ0v) is 20.5. The van der Waals surface area contributed by atoms with Crippen LogP contribution in [0.15, 0.2) is 36.4 Å². The number of hydrogen-bond donors (Lipinski definition) is 1. The van der Waals surface area contributed by atoms with Crippen LogP contribution in [0.5, 0.6) is 5.75 Å². The van der Waals surface area contributed by atoms with Crippen LogP contribution in [-0.2, 0) is 40.1 Å². The number of ketones is 1. The maximum absolute atomic E-state index is 14.1. The van der Waals surface area contributed by atoms with Crippen LogP contribution < -0.4 is 4.74 Å². The van der Waals surface area contributed by atoms with E-state index in [-0.39, 0.29) is 43.2 Å². The lowest BCUT2D eigenvalue weighted by Crippen LogP contribution is -2.39. The molecule has 0 unspecified atom stereocenters. The van der Waals surface area contributed by atoms with E-state index in [1.54, 1.807) is 11.0 Å². The van der Waals surface area contributed by atoms with Crippen molar-refractivity contribution in [3.8, 4) is 5.75 Å². The van der Waals surface area contributed by atoms with Gasteiger partial charge in [-0.2, -0.15) is 0 Å². The Morgan fingerprint density at radius 3 is 2.53 bits per heavy atom. The number of carbonyl (C=O) groups excluding carboxylic acids is 2. The zero-order valence-electron chi connectivity index (χ0n) is 20.5.